The molecule has 2 N–H and O–H groups in total. The van der Waals surface area contributed by atoms with Crippen molar-refractivity contribution in [3.05, 3.63) is 75.2 Å². The van der Waals surface area contributed by atoms with Crippen molar-refractivity contribution < 1.29 is 4.79 Å². The summed E-state index contributed by atoms with van der Waals surface area (Å²) < 4.78 is 2.73. The van der Waals surface area contributed by atoms with Gasteiger partial charge < -0.3 is 10.3 Å². The number of fused-ring (bicyclic) bond motifs is 1. The molecule has 7 nitrogen and oxygen atoms in total. The van der Waals surface area contributed by atoms with Crippen molar-refractivity contribution in [2.75, 3.05) is 11.1 Å². The third-order valence-electron chi connectivity index (χ3n) is 4.17. The number of rotatable bonds is 5. The fraction of sp³-hybridized carbons (Fsp3) is 0.100. The van der Waals surface area contributed by atoms with Gasteiger partial charge in [-0.3, -0.25) is 14.2 Å². The van der Waals surface area contributed by atoms with Crippen LogP contribution in [0.2, 0.25) is 0 Å². The van der Waals surface area contributed by atoms with Gasteiger partial charge >= 0.3 is 0 Å². The predicted octanol–water partition coefficient (Wildman–Crippen LogP) is 3.91. The van der Waals surface area contributed by atoms with Crippen molar-refractivity contribution in [2.24, 2.45) is 0 Å². The normalized spacial score (nSPS) is 11.0. The Bertz CT molecular complexity index is 1230. The molecule has 2 heterocycles. The molecule has 2 aromatic carbocycles. The average molecular weight is 470 g/mol. The lowest BCUT2D eigenvalue weighted by Gasteiger charge is -2.09. The van der Waals surface area contributed by atoms with E-state index in [4.69, 9.17) is 0 Å². The number of hydrogen-bond donors (Lipinski definition) is 2. The van der Waals surface area contributed by atoms with Crippen LogP contribution in [0, 0.1) is 6.92 Å². The summed E-state index contributed by atoms with van der Waals surface area (Å²) in [6.07, 6.45) is 1.35. The molecule has 0 spiro atoms. The van der Waals surface area contributed by atoms with Crippen LogP contribution in [-0.2, 0) is 4.79 Å². The third kappa shape index (κ3) is 4.25. The van der Waals surface area contributed by atoms with Crippen LogP contribution in [-0.4, -0.2) is 31.2 Å². The zero-order valence-corrected chi connectivity index (χ0v) is 17.8. The van der Waals surface area contributed by atoms with Gasteiger partial charge in [0.25, 0.3) is 5.56 Å². The molecule has 0 unspecified atom stereocenters. The van der Waals surface area contributed by atoms with Crippen LogP contribution in [0.25, 0.3) is 16.9 Å². The molecule has 9 heteroatoms. The first-order chi connectivity index (χ1) is 14.0. The number of benzene rings is 2. The summed E-state index contributed by atoms with van der Waals surface area (Å²) in [5, 5.41) is 3.38. The first kappa shape index (κ1) is 19.4. The molecule has 0 atom stereocenters. The van der Waals surface area contributed by atoms with Gasteiger partial charge in [0.1, 0.15) is 0 Å². The Hall–Kier alpha value is -2.91. The van der Waals surface area contributed by atoms with Crippen molar-refractivity contribution >= 4 is 50.5 Å². The van der Waals surface area contributed by atoms with Crippen LogP contribution in [0.15, 0.2) is 69.3 Å². The molecule has 0 aliphatic heterocycles. The summed E-state index contributed by atoms with van der Waals surface area (Å²) >= 11 is 4.62. The SMILES string of the molecule is Cc1ccc(-n2c(SCC(=O)Nc3ccc(Br)cc3)nc3c(=O)[nH]cnc32)cc1. The minimum Gasteiger partial charge on any atom is -0.325 e. The lowest BCUT2D eigenvalue weighted by molar-refractivity contribution is -0.113. The van der Waals surface area contributed by atoms with Crippen LogP contribution < -0.4 is 10.9 Å². The lowest BCUT2D eigenvalue weighted by atomic mass is 10.2. The highest BCUT2D eigenvalue weighted by Crippen LogP contribution is 2.26. The van der Waals surface area contributed by atoms with E-state index in [1.54, 1.807) is 4.57 Å². The number of nitrogens with zero attached hydrogens (tertiary/aromatic N) is 3. The van der Waals surface area contributed by atoms with E-state index in [0.717, 1.165) is 15.7 Å². The van der Waals surface area contributed by atoms with Crippen LogP contribution >= 0.6 is 27.7 Å². The number of nitrogens with one attached hydrogen (secondary N) is 2. The fourth-order valence-electron chi connectivity index (χ4n) is 2.77. The van der Waals surface area contributed by atoms with Gasteiger partial charge in [0.05, 0.1) is 12.1 Å². The standard InChI is InChI=1S/C20H16BrN5O2S/c1-12-2-8-15(9-3-12)26-18-17(19(28)23-11-22-18)25-20(26)29-10-16(27)24-14-6-4-13(21)5-7-14/h2-9,11H,10H2,1H3,(H,24,27)(H,22,23,28). The van der Waals surface area contributed by atoms with Gasteiger partial charge in [0, 0.05) is 15.8 Å². The van der Waals surface area contributed by atoms with E-state index >= 15 is 0 Å². The molecular weight excluding hydrogens is 454 g/mol. The first-order valence-electron chi connectivity index (χ1n) is 8.72. The van der Waals surface area contributed by atoms with Crippen molar-refractivity contribution in [1.82, 2.24) is 19.5 Å². The number of halogens is 1. The second-order valence-corrected chi connectivity index (χ2v) is 8.17. The minimum atomic E-state index is -0.318. The molecule has 0 fully saturated rings. The summed E-state index contributed by atoms with van der Waals surface area (Å²) in [6.45, 7) is 2.00. The number of carbonyl (C=O) groups excluding carboxylic acids is 1. The number of aryl methyl sites for hydroxylation is 1. The zero-order valence-electron chi connectivity index (χ0n) is 15.3. The number of anilines is 1. The van der Waals surface area contributed by atoms with Gasteiger partial charge in [-0.2, -0.15) is 0 Å². The van der Waals surface area contributed by atoms with E-state index in [9.17, 15) is 9.59 Å². The van der Waals surface area contributed by atoms with Crippen molar-refractivity contribution in [3.63, 3.8) is 0 Å². The Morgan fingerprint density at radius 2 is 1.90 bits per heavy atom. The predicted molar refractivity (Wildman–Crippen MR) is 118 cm³/mol. The average Bonchev–Trinajstić information content (AvgIpc) is 3.09. The quantitative estimate of drug-likeness (QED) is 0.432. The number of carbonyl (C=O) groups is 1. The fourth-order valence-corrected chi connectivity index (χ4v) is 3.84. The molecule has 0 saturated carbocycles. The third-order valence-corrected chi connectivity index (χ3v) is 5.64. The Labute approximate surface area is 178 Å². The van der Waals surface area contributed by atoms with E-state index in [0.29, 0.717) is 16.5 Å². The van der Waals surface area contributed by atoms with Gasteiger partial charge in [0.15, 0.2) is 16.3 Å². The van der Waals surface area contributed by atoms with Crippen molar-refractivity contribution in [1.29, 1.82) is 0 Å². The molecule has 0 bridgehead atoms. The summed E-state index contributed by atoms with van der Waals surface area (Å²) in [4.78, 5) is 35.8. The highest BCUT2D eigenvalue weighted by molar-refractivity contribution is 9.10. The second-order valence-electron chi connectivity index (χ2n) is 6.31. The molecule has 4 rings (SSSR count). The Balaban J connectivity index is 1.62. The summed E-state index contributed by atoms with van der Waals surface area (Å²) in [5.41, 5.74) is 3.03. The Morgan fingerprint density at radius 1 is 1.17 bits per heavy atom. The Kier molecular flexibility index (Phi) is 5.50. The molecule has 0 radical (unpaired) electrons. The summed E-state index contributed by atoms with van der Waals surface area (Å²) in [7, 11) is 0. The molecule has 2 aromatic heterocycles. The maximum atomic E-state index is 12.4. The van der Waals surface area contributed by atoms with E-state index in [1.807, 2.05) is 55.5 Å². The highest BCUT2D eigenvalue weighted by atomic mass is 79.9. The van der Waals surface area contributed by atoms with Crippen LogP contribution in [0.4, 0.5) is 5.69 Å². The van der Waals surface area contributed by atoms with Crippen molar-refractivity contribution in [3.8, 4) is 5.69 Å². The number of hydrogen-bond acceptors (Lipinski definition) is 5. The largest absolute Gasteiger partial charge is 0.325 e. The molecule has 4 aromatic rings. The smallest absolute Gasteiger partial charge is 0.278 e. The zero-order chi connectivity index (χ0) is 20.4. The van der Waals surface area contributed by atoms with Gasteiger partial charge in [-0.15, -0.1) is 0 Å². The second kappa shape index (κ2) is 8.22. The van der Waals surface area contributed by atoms with Gasteiger partial charge in [-0.1, -0.05) is 45.4 Å². The van der Waals surface area contributed by atoms with Gasteiger partial charge in [-0.25, -0.2) is 9.97 Å². The number of H-pyrrole nitrogens is 1. The molecule has 0 saturated heterocycles. The lowest BCUT2D eigenvalue weighted by Crippen LogP contribution is -2.14. The molecule has 146 valence electrons. The number of aromatic nitrogens is 4. The number of amides is 1. The topological polar surface area (TPSA) is 92.7 Å². The monoisotopic (exact) mass is 469 g/mol. The number of thioether (sulfide) groups is 1. The molecule has 0 aliphatic rings. The highest BCUT2D eigenvalue weighted by Gasteiger charge is 2.17. The Morgan fingerprint density at radius 3 is 2.62 bits per heavy atom. The molecule has 1 amide bonds. The van der Waals surface area contributed by atoms with E-state index in [2.05, 4.69) is 36.2 Å². The summed E-state index contributed by atoms with van der Waals surface area (Å²) in [5.74, 6) is -0.0231. The maximum absolute atomic E-state index is 12.4. The molecule has 0 aliphatic carbocycles. The van der Waals surface area contributed by atoms with Crippen LogP contribution in [0.5, 0.6) is 0 Å². The number of imidazole rings is 1. The maximum Gasteiger partial charge on any atom is 0.278 e. The summed E-state index contributed by atoms with van der Waals surface area (Å²) in [6, 6.07) is 15.2. The van der Waals surface area contributed by atoms with E-state index < -0.39 is 0 Å². The van der Waals surface area contributed by atoms with Gasteiger partial charge in [0.2, 0.25) is 5.91 Å². The van der Waals surface area contributed by atoms with Crippen LogP contribution in [0.1, 0.15) is 5.56 Å². The minimum absolute atomic E-state index is 0.142. The van der Waals surface area contributed by atoms with E-state index in [1.165, 1.54) is 18.1 Å². The molecule has 29 heavy (non-hydrogen) atoms. The van der Waals surface area contributed by atoms with Gasteiger partial charge in [-0.05, 0) is 43.3 Å². The van der Waals surface area contributed by atoms with E-state index in [-0.39, 0.29) is 22.7 Å². The van der Waals surface area contributed by atoms with Crippen molar-refractivity contribution in [2.45, 2.75) is 12.1 Å². The first-order valence-corrected chi connectivity index (χ1v) is 10.5. The molecular formula is C20H16BrN5O2S. The number of aromatic amines is 1. The van der Waals surface area contributed by atoms with Crippen LogP contribution in [0.3, 0.4) is 0 Å².